The lowest BCUT2D eigenvalue weighted by Crippen LogP contribution is -2.29. The summed E-state index contributed by atoms with van der Waals surface area (Å²) in [5.74, 6) is -0.545. The van der Waals surface area contributed by atoms with Crippen LogP contribution in [0.3, 0.4) is 0 Å². The lowest BCUT2D eigenvalue weighted by Gasteiger charge is -2.17. The summed E-state index contributed by atoms with van der Waals surface area (Å²) >= 11 is 3.17. The summed E-state index contributed by atoms with van der Waals surface area (Å²) in [7, 11) is -2.12. The number of alkyl halides is 1. The van der Waals surface area contributed by atoms with Crippen LogP contribution in [0, 0.1) is 12.7 Å². The standard InChI is InChI=1S/C10H13BrFNO2S/c1-8-3-4-9(12)7-10(8)16(14,15)13(2)6-5-11/h3-4,7H,5-6H2,1-2H3. The Hall–Kier alpha value is -0.460. The second-order valence-corrected chi connectivity index (χ2v) is 6.23. The van der Waals surface area contributed by atoms with E-state index in [0.717, 1.165) is 6.07 Å². The molecule has 0 unspecified atom stereocenters. The van der Waals surface area contributed by atoms with Gasteiger partial charge in [-0.2, -0.15) is 0 Å². The molecule has 0 fully saturated rings. The summed E-state index contributed by atoms with van der Waals surface area (Å²) in [4.78, 5) is 0.0240. The van der Waals surface area contributed by atoms with Crippen molar-refractivity contribution in [3.8, 4) is 0 Å². The largest absolute Gasteiger partial charge is 0.243 e. The molecule has 1 aromatic rings. The lowest BCUT2D eigenvalue weighted by molar-refractivity contribution is 0.487. The Bertz CT molecular complexity index is 476. The van der Waals surface area contributed by atoms with Gasteiger partial charge in [0.1, 0.15) is 5.82 Å². The summed E-state index contributed by atoms with van der Waals surface area (Å²) in [6, 6.07) is 3.76. The third-order valence-corrected chi connectivity index (χ3v) is 4.59. The Balaban J connectivity index is 3.21. The average molecular weight is 310 g/mol. The fraction of sp³-hybridized carbons (Fsp3) is 0.400. The van der Waals surface area contributed by atoms with Crippen LogP contribution in [-0.2, 0) is 10.0 Å². The van der Waals surface area contributed by atoms with Crippen LogP contribution >= 0.6 is 15.9 Å². The second kappa shape index (κ2) is 5.25. The molecule has 0 aliphatic rings. The Morgan fingerprint density at radius 1 is 1.44 bits per heavy atom. The van der Waals surface area contributed by atoms with Gasteiger partial charge < -0.3 is 0 Å². The van der Waals surface area contributed by atoms with Crippen LogP contribution in [0.2, 0.25) is 0 Å². The van der Waals surface area contributed by atoms with Gasteiger partial charge in [-0.05, 0) is 24.6 Å². The van der Waals surface area contributed by atoms with E-state index in [0.29, 0.717) is 17.4 Å². The Kier molecular flexibility index (Phi) is 4.46. The minimum atomic E-state index is -3.59. The minimum absolute atomic E-state index is 0.0240. The maximum absolute atomic E-state index is 13.0. The fourth-order valence-corrected chi connectivity index (χ4v) is 3.43. The number of rotatable bonds is 4. The molecular weight excluding hydrogens is 297 g/mol. The van der Waals surface area contributed by atoms with Crippen molar-refractivity contribution in [2.24, 2.45) is 0 Å². The van der Waals surface area contributed by atoms with Crippen molar-refractivity contribution >= 4 is 26.0 Å². The molecule has 16 heavy (non-hydrogen) atoms. The topological polar surface area (TPSA) is 37.4 Å². The molecule has 3 nitrogen and oxygen atoms in total. The Labute approximate surface area is 103 Å². The first-order valence-electron chi connectivity index (χ1n) is 4.68. The first-order valence-corrected chi connectivity index (χ1v) is 7.24. The Morgan fingerprint density at radius 3 is 2.62 bits per heavy atom. The van der Waals surface area contributed by atoms with Gasteiger partial charge in [-0.3, -0.25) is 0 Å². The van der Waals surface area contributed by atoms with E-state index in [-0.39, 0.29) is 4.90 Å². The minimum Gasteiger partial charge on any atom is -0.207 e. The highest BCUT2D eigenvalue weighted by Gasteiger charge is 2.22. The van der Waals surface area contributed by atoms with Gasteiger partial charge >= 0.3 is 0 Å². The van der Waals surface area contributed by atoms with E-state index in [2.05, 4.69) is 15.9 Å². The van der Waals surface area contributed by atoms with E-state index < -0.39 is 15.8 Å². The highest BCUT2D eigenvalue weighted by Crippen LogP contribution is 2.19. The van der Waals surface area contributed by atoms with Crippen LogP contribution in [0.25, 0.3) is 0 Å². The van der Waals surface area contributed by atoms with Crippen molar-refractivity contribution in [3.05, 3.63) is 29.6 Å². The summed E-state index contributed by atoms with van der Waals surface area (Å²) in [5, 5.41) is 0.539. The number of hydrogen-bond acceptors (Lipinski definition) is 2. The van der Waals surface area contributed by atoms with Crippen molar-refractivity contribution in [3.63, 3.8) is 0 Å². The number of benzene rings is 1. The van der Waals surface area contributed by atoms with Gasteiger partial charge in [0.05, 0.1) is 4.90 Å². The average Bonchev–Trinajstić information content (AvgIpc) is 2.22. The number of hydrogen-bond donors (Lipinski definition) is 0. The fourth-order valence-electron chi connectivity index (χ4n) is 1.26. The zero-order valence-electron chi connectivity index (χ0n) is 9.07. The van der Waals surface area contributed by atoms with Crippen LogP contribution in [0.15, 0.2) is 23.1 Å². The summed E-state index contributed by atoms with van der Waals surface area (Å²) < 4.78 is 38.3. The molecule has 1 aromatic carbocycles. The number of aryl methyl sites for hydroxylation is 1. The van der Waals surface area contributed by atoms with Gasteiger partial charge in [-0.1, -0.05) is 22.0 Å². The molecule has 0 bridgehead atoms. The van der Waals surface area contributed by atoms with E-state index >= 15 is 0 Å². The van der Waals surface area contributed by atoms with Gasteiger partial charge in [-0.25, -0.2) is 17.1 Å². The predicted octanol–water partition coefficient (Wildman–Crippen LogP) is 2.15. The van der Waals surface area contributed by atoms with Crippen LogP contribution in [0.4, 0.5) is 4.39 Å². The second-order valence-electron chi connectivity index (χ2n) is 3.43. The molecule has 90 valence electrons. The predicted molar refractivity (Wildman–Crippen MR) is 64.7 cm³/mol. The third kappa shape index (κ3) is 2.81. The molecule has 6 heteroatoms. The van der Waals surface area contributed by atoms with Crippen molar-refractivity contribution in [2.75, 3.05) is 18.9 Å². The van der Waals surface area contributed by atoms with Gasteiger partial charge in [0.25, 0.3) is 0 Å². The molecule has 0 N–H and O–H groups in total. The van der Waals surface area contributed by atoms with Gasteiger partial charge in [0.2, 0.25) is 10.0 Å². The molecule has 0 saturated carbocycles. The zero-order chi connectivity index (χ0) is 12.3. The van der Waals surface area contributed by atoms with Gasteiger partial charge in [0, 0.05) is 18.9 Å². The molecule has 0 amide bonds. The van der Waals surface area contributed by atoms with Crippen molar-refractivity contribution in [2.45, 2.75) is 11.8 Å². The normalized spacial score (nSPS) is 12.1. The molecule has 1 rings (SSSR count). The molecule has 0 aromatic heterocycles. The lowest BCUT2D eigenvalue weighted by atomic mass is 10.2. The van der Waals surface area contributed by atoms with E-state index in [4.69, 9.17) is 0 Å². The molecule has 0 spiro atoms. The van der Waals surface area contributed by atoms with Gasteiger partial charge in [0.15, 0.2) is 0 Å². The first kappa shape index (κ1) is 13.6. The quantitative estimate of drug-likeness (QED) is 0.799. The van der Waals surface area contributed by atoms with Crippen LogP contribution in [-0.4, -0.2) is 31.6 Å². The van der Waals surface area contributed by atoms with E-state index in [9.17, 15) is 12.8 Å². The van der Waals surface area contributed by atoms with E-state index in [1.807, 2.05) is 0 Å². The van der Waals surface area contributed by atoms with Crippen LogP contribution in [0.1, 0.15) is 5.56 Å². The highest BCUT2D eigenvalue weighted by molar-refractivity contribution is 9.09. The third-order valence-electron chi connectivity index (χ3n) is 2.24. The number of sulfonamides is 1. The van der Waals surface area contributed by atoms with Crippen LogP contribution in [0.5, 0.6) is 0 Å². The van der Waals surface area contributed by atoms with E-state index in [1.165, 1.54) is 23.5 Å². The Morgan fingerprint density at radius 2 is 2.06 bits per heavy atom. The molecule has 0 heterocycles. The van der Waals surface area contributed by atoms with Crippen molar-refractivity contribution in [1.82, 2.24) is 4.31 Å². The van der Waals surface area contributed by atoms with Gasteiger partial charge in [-0.15, -0.1) is 0 Å². The van der Waals surface area contributed by atoms with Crippen LogP contribution < -0.4 is 0 Å². The smallest absolute Gasteiger partial charge is 0.207 e. The molecule has 0 aliphatic carbocycles. The maximum Gasteiger partial charge on any atom is 0.243 e. The van der Waals surface area contributed by atoms with E-state index in [1.54, 1.807) is 6.92 Å². The summed E-state index contributed by atoms with van der Waals surface area (Å²) in [6.45, 7) is 1.99. The molecule has 0 saturated heterocycles. The maximum atomic E-state index is 13.0. The zero-order valence-corrected chi connectivity index (χ0v) is 11.5. The monoisotopic (exact) mass is 309 g/mol. The number of halogens is 2. The summed E-state index contributed by atoms with van der Waals surface area (Å²) in [6.07, 6.45) is 0. The molecule has 0 atom stereocenters. The highest BCUT2D eigenvalue weighted by atomic mass is 79.9. The number of nitrogens with zero attached hydrogens (tertiary/aromatic N) is 1. The molecular formula is C10H13BrFNO2S. The van der Waals surface area contributed by atoms with Crippen molar-refractivity contribution < 1.29 is 12.8 Å². The van der Waals surface area contributed by atoms with Crippen molar-refractivity contribution in [1.29, 1.82) is 0 Å². The summed E-state index contributed by atoms with van der Waals surface area (Å²) in [5.41, 5.74) is 0.544. The SMILES string of the molecule is Cc1ccc(F)cc1S(=O)(=O)N(C)CCBr. The molecule has 0 aliphatic heterocycles. The molecule has 0 radical (unpaired) electrons. The first-order chi connectivity index (χ1) is 7.39.